The highest BCUT2D eigenvalue weighted by atomic mass is 32.2. The van der Waals surface area contributed by atoms with E-state index in [0.29, 0.717) is 0 Å². The first-order valence-corrected chi connectivity index (χ1v) is 8.38. The second kappa shape index (κ2) is 8.50. The van der Waals surface area contributed by atoms with Crippen molar-refractivity contribution in [3.05, 3.63) is 35.9 Å². The van der Waals surface area contributed by atoms with Gasteiger partial charge in [-0.15, -0.1) is 0 Å². The molecule has 0 saturated heterocycles. The van der Waals surface area contributed by atoms with E-state index in [9.17, 15) is 13.2 Å². The van der Waals surface area contributed by atoms with Gasteiger partial charge in [-0.1, -0.05) is 30.3 Å². The van der Waals surface area contributed by atoms with Gasteiger partial charge in [0.05, 0.1) is 19.6 Å². The van der Waals surface area contributed by atoms with E-state index in [4.69, 9.17) is 13.0 Å². The molecule has 0 unspecified atom stereocenters. The van der Waals surface area contributed by atoms with Gasteiger partial charge in [0.25, 0.3) is 0 Å². The van der Waals surface area contributed by atoms with Gasteiger partial charge < -0.3 is 4.48 Å². The van der Waals surface area contributed by atoms with Gasteiger partial charge in [-0.2, -0.15) is 21.6 Å². The quantitative estimate of drug-likeness (QED) is 0.506. The molecule has 0 amide bonds. The van der Waals surface area contributed by atoms with Crippen molar-refractivity contribution in [2.75, 3.05) is 19.6 Å². The van der Waals surface area contributed by atoms with Crippen molar-refractivity contribution in [1.29, 1.82) is 0 Å². The number of benzene rings is 1. The Bertz CT molecular complexity index is 518. The normalized spacial score (nSPS) is 12.5. The van der Waals surface area contributed by atoms with Crippen molar-refractivity contribution >= 4 is 10.1 Å². The molecule has 0 aliphatic heterocycles. The molecule has 0 aliphatic carbocycles. The zero-order chi connectivity index (χ0) is 17.4. The van der Waals surface area contributed by atoms with Crippen LogP contribution in [0.1, 0.15) is 26.3 Å². The Kier molecular flexibility index (Phi) is 8.06. The molecule has 0 aromatic heterocycles. The van der Waals surface area contributed by atoms with E-state index in [0.717, 1.165) is 0 Å². The van der Waals surface area contributed by atoms with Crippen LogP contribution >= 0.6 is 0 Å². The van der Waals surface area contributed by atoms with Crippen molar-refractivity contribution in [2.24, 2.45) is 0 Å². The van der Waals surface area contributed by atoms with Crippen LogP contribution in [0.3, 0.4) is 0 Å². The fourth-order valence-corrected chi connectivity index (χ4v) is 1.98. The Morgan fingerprint density at radius 3 is 1.64 bits per heavy atom. The van der Waals surface area contributed by atoms with Crippen LogP contribution in [0.4, 0.5) is 13.2 Å². The topological polar surface area (TPSA) is 54.4 Å². The molecule has 0 fully saturated rings. The van der Waals surface area contributed by atoms with Crippen LogP contribution in [-0.4, -0.2) is 42.6 Å². The van der Waals surface area contributed by atoms with Crippen molar-refractivity contribution in [3.63, 3.8) is 0 Å². The lowest BCUT2D eigenvalue weighted by molar-refractivity contribution is -0.936. The smallest absolute Gasteiger partial charge is 0.321 e. The van der Waals surface area contributed by atoms with Gasteiger partial charge in [0.2, 0.25) is 0 Å². The fraction of sp³-hybridized carbons (Fsp3) is 0.571. The van der Waals surface area contributed by atoms with Gasteiger partial charge in [-0.3, -0.25) is 4.55 Å². The maximum Gasteiger partial charge on any atom is 0.522 e. The predicted molar refractivity (Wildman–Crippen MR) is 79.6 cm³/mol. The van der Waals surface area contributed by atoms with Gasteiger partial charge in [0, 0.05) is 5.56 Å². The van der Waals surface area contributed by atoms with Gasteiger partial charge >= 0.3 is 15.6 Å². The molecule has 4 nitrogen and oxygen atoms in total. The van der Waals surface area contributed by atoms with E-state index in [1.54, 1.807) is 0 Å². The number of quaternary nitrogens is 1. The fourth-order valence-electron chi connectivity index (χ4n) is 1.98. The molecule has 1 rings (SSSR count). The van der Waals surface area contributed by atoms with Crippen molar-refractivity contribution in [2.45, 2.75) is 32.8 Å². The van der Waals surface area contributed by atoms with Crippen LogP contribution in [0, 0.1) is 0 Å². The highest BCUT2D eigenvalue weighted by Crippen LogP contribution is 2.20. The van der Waals surface area contributed by atoms with Crippen LogP contribution < -0.4 is 0 Å². The molecule has 1 aromatic carbocycles. The lowest BCUT2D eigenvalue weighted by Gasteiger charge is -2.35. The monoisotopic (exact) mass is 342 g/mol. The molecule has 1 aromatic rings. The molecule has 128 valence electrons. The first kappa shape index (κ1) is 20.9. The third-order valence-corrected chi connectivity index (χ3v) is 4.25. The zero-order valence-electron chi connectivity index (χ0n) is 13.0. The third-order valence-electron chi connectivity index (χ3n) is 3.67. The summed E-state index contributed by atoms with van der Waals surface area (Å²) in [5, 5.41) is 0. The largest absolute Gasteiger partial charge is 0.522 e. The first-order valence-electron chi connectivity index (χ1n) is 6.94. The number of halogens is 3. The minimum atomic E-state index is -5.84. The highest BCUT2D eigenvalue weighted by Gasteiger charge is 2.44. The Balaban J connectivity index is 0.000000472. The van der Waals surface area contributed by atoms with Gasteiger partial charge in [0.15, 0.2) is 0 Å². The zero-order valence-corrected chi connectivity index (χ0v) is 13.8. The summed E-state index contributed by atoms with van der Waals surface area (Å²) in [4.78, 5) is 0. The number of hydrogen-bond acceptors (Lipinski definition) is 2. The summed E-state index contributed by atoms with van der Waals surface area (Å²) in [5.74, 6) is 0. The molecule has 1 N–H and O–H groups in total. The van der Waals surface area contributed by atoms with Crippen molar-refractivity contribution < 1.29 is 30.6 Å². The molecular formula is C14H23F3NO3S+. The highest BCUT2D eigenvalue weighted by molar-refractivity contribution is 7.86. The Labute approximate surface area is 129 Å². The molecule has 0 heterocycles. The van der Waals surface area contributed by atoms with E-state index < -0.39 is 15.6 Å². The minimum absolute atomic E-state index is 1.17. The molecule has 22 heavy (non-hydrogen) atoms. The van der Waals surface area contributed by atoms with Crippen LogP contribution in [0.15, 0.2) is 30.3 Å². The molecule has 0 radical (unpaired) electrons. The van der Waals surface area contributed by atoms with Gasteiger partial charge in [0.1, 0.15) is 6.54 Å². The number of rotatable bonds is 5. The first-order chi connectivity index (χ1) is 10.0. The molecule has 0 saturated carbocycles. The van der Waals surface area contributed by atoms with E-state index >= 15 is 0 Å². The molecule has 0 bridgehead atoms. The minimum Gasteiger partial charge on any atom is -0.321 e. The summed E-state index contributed by atoms with van der Waals surface area (Å²) in [5.41, 5.74) is -4.08. The maximum absolute atomic E-state index is 10.7. The molecule has 0 spiro atoms. The Morgan fingerprint density at radius 1 is 1.00 bits per heavy atom. The van der Waals surface area contributed by atoms with Crippen LogP contribution in [0.2, 0.25) is 0 Å². The molecule has 0 atom stereocenters. The second-order valence-electron chi connectivity index (χ2n) is 4.85. The summed E-state index contributed by atoms with van der Waals surface area (Å²) in [6.07, 6.45) is 0. The number of nitrogens with zero attached hydrogens (tertiary/aromatic N) is 1. The van der Waals surface area contributed by atoms with Crippen molar-refractivity contribution in [3.8, 4) is 0 Å². The van der Waals surface area contributed by atoms with E-state index in [1.807, 2.05) is 0 Å². The van der Waals surface area contributed by atoms with Crippen molar-refractivity contribution in [1.82, 2.24) is 0 Å². The summed E-state index contributed by atoms with van der Waals surface area (Å²) in [6.45, 7) is 11.7. The standard InChI is InChI=1S/C13H22N.CHF3O3S/c1-4-14(5-2,6-3)12-13-10-8-7-9-11-13;2-1(3,4)8(5,6)7/h7-11H,4-6,12H2,1-3H3;(H,5,6,7)/q+1;. The molecule has 8 heteroatoms. The lowest BCUT2D eigenvalue weighted by Crippen LogP contribution is -2.46. The summed E-state index contributed by atoms with van der Waals surface area (Å²) < 4.78 is 58.7. The number of hydrogen-bond donors (Lipinski definition) is 1. The summed E-state index contributed by atoms with van der Waals surface area (Å²) in [6, 6.07) is 10.8. The molecular weight excluding hydrogens is 319 g/mol. The average Bonchev–Trinajstić information content (AvgIpc) is 2.45. The Hall–Kier alpha value is -1.12. The Morgan fingerprint density at radius 2 is 1.36 bits per heavy atom. The van der Waals surface area contributed by atoms with E-state index in [1.165, 1.54) is 36.2 Å². The van der Waals surface area contributed by atoms with Crippen LogP contribution in [0.25, 0.3) is 0 Å². The molecule has 0 aliphatic rings. The summed E-state index contributed by atoms with van der Waals surface area (Å²) in [7, 11) is -5.84. The van der Waals surface area contributed by atoms with Gasteiger partial charge in [-0.25, -0.2) is 0 Å². The SMILES string of the molecule is CC[N+](CC)(CC)Cc1ccccc1.O=S(=O)(O)C(F)(F)F. The third kappa shape index (κ3) is 6.76. The van der Waals surface area contributed by atoms with Gasteiger partial charge in [-0.05, 0) is 20.8 Å². The van der Waals surface area contributed by atoms with Crippen LogP contribution in [0.5, 0.6) is 0 Å². The lowest BCUT2D eigenvalue weighted by atomic mass is 10.2. The number of alkyl halides is 3. The predicted octanol–water partition coefficient (Wildman–Crippen LogP) is 3.46. The van der Waals surface area contributed by atoms with E-state index in [2.05, 4.69) is 51.1 Å². The van der Waals surface area contributed by atoms with Crippen LogP contribution in [-0.2, 0) is 16.7 Å². The van der Waals surface area contributed by atoms with E-state index in [-0.39, 0.29) is 0 Å². The second-order valence-corrected chi connectivity index (χ2v) is 6.27. The maximum atomic E-state index is 10.7. The average molecular weight is 342 g/mol. The summed E-state index contributed by atoms with van der Waals surface area (Å²) >= 11 is 0.